The lowest BCUT2D eigenvalue weighted by Crippen LogP contribution is -2.38. The summed E-state index contributed by atoms with van der Waals surface area (Å²) in [4.78, 5) is 59.2. The third-order valence-corrected chi connectivity index (χ3v) is 5.97. The Hall–Kier alpha value is -3.53. The number of carbonyl (C=O) groups excluding carboxylic acids is 4. The highest BCUT2D eigenvalue weighted by atomic mass is 32.2. The van der Waals surface area contributed by atoms with E-state index in [2.05, 4.69) is 20.8 Å². The van der Waals surface area contributed by atoms with Crippen molar-refractivity contribution >= 4 is 52.2 Å². The van der Waals surface area contributed by atoms with Gasteiger partial charge in [-0.15, -0.1) is 5.10 Å². The zero-order chi connectivity index (χ0) is 23.3. The van der Waals surface area contributed by atoms with Gasteiger partial charge in [-0.25, -0.2) is 9.48 Å². The Bertz CT molecular complexity index is 1070. The van der Waals surface area contributed by atoms with Gasteiger partial charge in [0.05, 0.1) is 16.2 Å². The number of ether oxygens (including phenoxy) is 1. The summed E-state index contributed by atoms with van der Waals surface area (Å²) in [5.74, 6) is -1.89. The van der Waals surface area contributed by atoms with Crippen LogP contribution < -0.4 is 5.32 Å². The zero-order valence-electron chi connectivity index (χ0n) is 16.4. The lowest BCUT2D eigenvalue weighted by Gasteiger charge is -2.13. The summed E-state index contributed by atoms with van der Waals surface area (Å²) in [5.41, 5.74) is -0.468. The minimum Gasteiger partial charge on any atom is -0.452 e. The van der Waals surface area contributed by atoms with Crippen LogP contribution in [0.3, 0.4) is 0 Å². The Kier molecular flexibility index (Phi) is 7.37. The quantitative estimate of drug-likeness (QED) is 0.293. The van der Waals surface area contributed by atoms with E-state index in [1.807, 2.05) is 0 Å². The van der Waals surface area contributed by atoms with Gasteiger partial charge in [0.15, 0.2) is 6.61 Å². The van der Waals surface area contributed by atoms with Crippen molar-refractivity contribution in [2.24, 2.45) is 7.05 Å². The molecule has 1 fully saturated rings. The zero-order valence-corrected chi connectivity index (χ0v) is 18.1. The first-order valence-corrected chi connectivity index (χ1v) is 10.7. The average Bonchev–Trinajstić information content (AvgIpc) is 3.31. The highest BCUT2D eigenvalue weighted by Crippen LogP contribution is 2.31. The second-order valence-electron chi connectivity index (χ2n) is 6.15. The SMILES string of the molecule is Cn1nnnc1Sc1ccc([N+](=O)[O-])cc1C(=O)OCC(=O)NCCN1C(=O)CSC1=O. The topological polar surface area (TPSA) is 180 Å². The number of nitrogens with one attached hydrogen (secondary N) is 1. The van der Waals surface area contributed by atoms with Crippen molar-refractivity contribution in [3.63, 3.8) is 0 Å². The molecule has 32 heavy (non-hydrogen) atoms. The Morgan fingerprint density at radius 2 is 2.16 bits per heavy atom. The number of imide groups is 1. The summed E-state index contributed by atoms with van der Waals surface area (Å²) in [6.07, 6.45) is 0. The molecule has 3 rings (SSSR count). The van der Waals surface area contributed by atoms with Crippen molar-refractivity contribution in [3.8, 4) is 0 Å². The van der Waals surface area contributed by atoms with Gasteiger partial charge in [0, 0.05) is 37.2 Å². The Labute approximate surface area is 188 Å². The monoisotopic (exact) mass is 481 g/mol. The maximum Gasteiger partial charge on any atom is 0.340 e. The fourth-order valence-corrected chi connectivity index (χ4v) is 4.03. The molecule has 0 unspecified atom stereocenters. The van der Waals surface area contributed by atoms with Gasteiger partial charge in [-0.3, -0.25) is 29.4 Å². The van der Waals surface area contributed by atoms with E-state index in [0.29, 0.717) is 10.1 Å². The molecule has 1 aromatic heterocycles. The molecule has 1 aliphatic rings. The van der Waals surface area contributed by atoms with Gasteiger partial charge in [-0.1, -0.05) is 11.8 Å². The first-order chi connectivity index (χ1) is 15.3. The number of thioether (sulfide) groups is 1. The summed E-state index contributed by atoms with van der Waals surface area (Å²) >= 11 is 1.87. The van der Waals surface area contributed by atoms with Crippen LogP contribution in [0.5, 0.6) is 0 Å². The van der Waals surface area contributed by atoms with E-state index in [-0.39, 0.29) is 41.2 Å². The summed E-state index contributed by atoms with van der Waals surface area (Å²) in [6.45, 7) is -0.666. The molecular formula is C16H15N7O7S2. The van der Waals surface area contributed by atoms with E-state index < -0.39 is 23.4 Å². The summed E-state index contributed by atoms with van der Waals surface area (Å²) in [6, 6.07) is 3.61. The maximum atomic E-state index is 12.5. The number of benzene rings is 1. The number of nitrogens with zero attached hydrogens (tertiary/aromatic N) is 6. The predicted octanol–water partition coefficient (Wildman–Crippen LogP) is 0.238. The molecule has 0 spiro atoms. The van der Waals surface area contributed by atoms with Crippen molar-refractivity contribution < 1.29 is 28.8 Å². The van der Waals surface area contributed by atoms with E-state index in [4.69, 9.17) is 4.74 Å². The van der Waals surface area contributed by atoms with Gasteiger partial charge in [0.25, 0.3) is 16.8 Å². The van der Waals surface area contributed by atoms with Crippen molar-refractivity contribution in [1.29, 1.82) is 0 Å². The van der Waals surface area contributed by atoms with Crippen LogP contribution in [0.15, 0.2) is 28.3 Å². The van der Waals surface area contributed by atoms with Crippen LogP contribution in [0.2, 0.25) is 0 Å². The molecule has 168 valence electrons. The number of aromatic nitrogens is 4. The minimum atomic E-state index is -0.956. The number of rotatable bonds is 9. The molecule has 0 saturated carbocycles. The van der Waals surface area contributed by atoms with Crippen LogP contribution in [-0.2, 0) is 21.4 Å². The van der Waals surface area contributed by atoms with Crippen molar-refractivity contribution in [2.75, 3.05) is 25.4 Å². The van der Waals surface area contributed by atoms with E-state index in [9.17, 15) is 29.3 Å². The molecule has 2 heterocycles. The molecule has 0 bridgehead atoms. The lowest BCUT2D eigenvalue weighted by atomic mass is 10.2. The molecule has 0 aliphatic carbocycles. The van der Waals surface area contributed by atoms with Crippen LogP contribution in [0.25, 0.3) is 0 Å². The number of aryl methyl sites for hydroxylation is 1. The van der Waals surface area contributed by atoms with Crippen molar-refractivity contribution in [3.05, 3.63) is 33.9 Å². The van der Waals surface area contributed by atoms with E-state index >= 15 is 0 Å². The minimum absolute atomic E-state index is 0.00174. The smallest absolute Gasteiger partial charge is 0.340 e. The first kappa shape index (κ1) is 23.1. The number of hydrogen-bond donors (Lipinski definition) is 1. The molecule has 3 amide bonds. The molecule has 16 heteroatoms. The highest BCUT2D eigenvalue weighted by molar-refractivity contribution is 8.14. The summed E-state index contributed by atoms with van der Waals surface area (Å²) in [5, 5.41) is 24.4. The van der Waals surface area contributed by atoms with Gasteiger partial charge in [-0.05, 0) is 28.3 Å². The average molecular weight is 481 g/mol. The Balaban J connectivity index is 1.60. The number of non-ortho nitro benzene ring substituents is 1. The van der Waals surface area contributed by atoms with Crippen LogP contribution in [-0.4, -0.2) is 78.5 Å². The second-order valence-corrected chi connectivity index (χ2v) is 8.09. The third kappa shape index (κ3) is 5.58. The van der Waals surface area contributed by atoms with Gasteiger partial charge in [0.2, 0.25) is 11.1 Å². The van der Waals surface area contributed by atoms with Crippen LogP contribution >= 0.6 is 23.5 Å². The molecule has 1 N–H and O–H groups in total. The molecule has 2 aromatic rings. The maximum absolute atomic E-state index is 12.5. The number of hydrogen-bond acceptors (Lipinski definition) is 12. The van der Waals surface area contributed by atoms with Gasteiger partial charge in [-0.2, -0.15) is 0 Å². The number of nitro groups is 1. The number of amides is 3. The fraction of sp³-hybridized carbons (Fsp3) is 0.312. The third-order valence-electron chi connectivity index (χ3n) is 4.01. The molecular weight excluding hydrogens is 466 g/mol. The van der Waals surface area contributed by atoms with Gasteiger partial charge < -0.3 is 10.1 Å². The molecule has 0 radical (unpaired) electrons. The standard InChI is InChI=1S/C16H15N7O7S2/c1-21-15(18-19-20-21)32-11-3-2-9(23(28)29)6-10(11)14(26)30-7-12(24)17-4-5-22-13(25)8-31-16(22)27/h2-3,6H,4-5,7-8H2,1H3,(H,17,24). The number of tetrazole rings is 1. The summed E-state index contributed by atoms with van der Waals surface area (Å²) in [7, 11) is 1.58. The largest absolute Gasteiger partial charge is 0.452 e. The fourth-order valence-electron chi connectivity index (χ4n) is 2.45. The van der Waals surface area contributed by atoms with E-state index in [1.54, 1.807) is 7.05 Å². The van der Waals surface area contributed by atoms with Gasteiger partial charge >= 0.3 is 5.97 Å². The molecule has 0 atom stereocenters. The molecule has 14 nitrogen and oxygen atoms in total. The molecule has 1 saturated heterocycles. The normalized spacial score (nSPS) is 13.3. The van der Waals surface area contributed by atoms with Crippen LogP contribution in [0, 0.1) is 10.1 Å². The molecule has 1 aliphatic heterocycles. The number of esters is 1. The van der Waals surface area contributed by atoms with E-state index in [1.165, 1.54) is 16.8 Å². The first-order valence-electron chi connectivity index (χ1n) is 8.86. The van der Waals surface area contributed by atoms with Crippen LogP contribution in [0.1, 0.15) is 10.4 Å². The van der Waals surface area contributed by atoms with Crippen molar-refractivity contribution in [2.45, 2.75) is 10.1 Å². The lowest BCUT2D eigenvalue weighted by molar-refractivity contribution is -0.384. The Morgan fingerprint density at radius 3 is 2.78 bits per heavy atom. The van der Waals surface area contributed by atoms with Gasteiger partial charge in [0.1, 0.15) is 0 Å². The molecule has 1 aromatic carbocycles. The van der Waals surface area contributed by atoms with E-state index in [0.717, 1.165) is 34.5 Å². The Morgan fingerprint density at radius 1 is 1.38 bits per heavy atom. The second kappa shape index (κ2) is 10.2. The van der Waals surface area contributed by atoms with Crippen molar-refractivity contribution in [1.82, 2.24) is 30.4 Å². The summed E-state index contributed by atoms with van der Waals surface area (Å²) < 4.78 is 6.33. The number of carbonyl (C=O) groups is 4. The predicted molar refractivity (Wildman–Crippen MR) is 109 cm³/mol. The highest BCUT2D eigenvalue weighted by Gasteiger charge is 2.29. The number of nitro benzene ring substituents is 1. The van der Waals surface area contributed by atoms with Crippen LogP contribution in [0.4, 0.5) is 10.5 Å².